The third kappa shape index (κ3) is 3.14. The standard InChI is InChI=1S/C17H14ClFN2/c1-11-2-4-13-8-12(3-7-16(13)21-11)10-20-17-9-14(18)5-6-15(17)19/h2-9,20H,10H2,1H3. The Hall–Kier alpha value is -2.13. The highest BCUT2D eigenvalue weighted by atomic mass is 35.5. The van der Waals surface area contributed by atoms with Crippen LogP contribution in [0.4, 0.5) is 10.1 Å². The zero-order valence-corrected chi connectivity index (χ0v) is 12.3. The fourth-order valence-electron chi connectivity index (χ4n) is 2.22. The maximum Gasteiger partial charge on any atom is 0.146 e. The molecule has 2 nitrogen and oxygen atoms in total. The van der Waals surface area contributed by atoms with E-state index in [1.165, 1.54) is 12.1 Å². The van der Waals surface area contributed by atoms with Crippen LogP contribution in [0.15, 0.2) is 48.5 Å². The summed E-state index contributed by atoms with van der Waals surface area (Å²) in [6.07, 6.45) is 0. The molecule has 1 heterocycles. The minimum absolute atomic E-state index is 0.308. The predicted molar refractivity (Wildman–Crippen MR) is 85.2 cm³/mol. The highest BCUT2D eigenvalue weighted by molar-refractivity contribution is 6.30. The summed E-state index contributed by atoms with van der Waals surface area (Å²) in [6.45, 7) is 2.50. The van der Waals surface area contributed by atoms with Gasteiger partial charge in [0.05, 0.1) is 11.2 Å². The molecule has 0 aliphatic carbocycles. The summed E-state index contributed by atoms with van der Waals surface area (Å²) in [7, 11) is 0. The van der Waals surface area contributed by atoms with Gasteiger partial charge in [-0.15, -0.1) is 0 Å². The molecule has 3 aromatic rings. The Morgan fingerprint density at radius 1 is 1.10 bits per heavy atom. The van der Waals surface area contributed by atoms with Crippen molar-refractivity contribution in [2.24, 2.45) is 0 Å². The fourth-order valence-corrected chi connectivity index (χ4v) is 2.39. The number of fused-ring (bicyclic) bond motifs is 1. The van der Waals surface area contributed by atoms with Gasteiger partial charge < -0.3 is 5.32 Å². The number of nitrogens with one attached hydrogen (secondary N) is 1. The van der Waals surface area contributed by atoms with Crippen molar-refractivity contribution in [1.82, 2.24) is 4.98 Å². The quantitative estimate of drug-likeness (QED) is 0.740. The first-order valence-electron chi connectivity index (χ1n) is 6.67. The van der Waals surface area contributed by atoms with Gasteiger partial charge in [-0.1, -0.05) is 23.7 Å². The molecule has 2 aromatic carbocycles. The van der Waals surface area contributed by atoms with Gasteiger partial charge in [0.1, 0.15) is 5.82 Å². The number of pyridine rings is 1. The van der Waals surface area contributed by atoms with Gasteiger partial charge in [0, 0.05) is 22.6 Å². The normalized spacial score (nSPS) is 10.8. The van der Waals surface area contributed by atoms with Crippen LogP contribution in [0.5, 0.6) is 0 Å². The van der Waals surface area contributed by atoms with E-state index in [1.54, 1.807) is 6.07 Å². The van der Waals surface area contributed by atoms with Crippen LogP contribution in [0.1, 0.15) is 11.3 Å². The predicted octanol–water partition coefficient (Wildman–Crippen LogP) is 4.95. The number of halogens is 2. The lowest BCUT2D eigenvalue weighted by molar-refractivity contribution is 0.630. The van der Waals surface area contributed by atoms with Crippen LogP contribution in [-0.2, 0) is 6.54 Å². The number of benzene rings is 2. The zero-order valence-electron chi connectivity index (χ0n) is 11.5. The molecule has 0 unspecified atom stereocenters. The first-order valence-corrected chi connectivity index (χ1v) is 7.05. The molecule has 0 aliphatic rings. The molecule has 1 aromatic heterocycles. The lowest BCUT2D eigenvalue weighted by Gasteiger charge is -2.09. The van der Waals surface area contributed by atoms with E-state index in [0.717, 1.165) is 22.2 Å². The van der Waals surface area contributed by atoms with Crippen LogP contribution in [-0.4, -0.2) is 4.98 Å². The lowest BCUT2D eigenvalue weighted by Crippen LogP contribution is -2.01. The first kappa shape index (κ1) is 13.8. The molecule has 0 atom stereocenters. The summed E-state index contributed by atoms with van der Waals surface area (Å²) >= 11 is 5.88. The maximum absolute atomic E-state index is 13.6. The number of aromatic nitrogens is 1. The summed E-state index contributed by atoms with van der Waals surface area (Å²) in [4.78, 5) is 4.46. The Morgan fingerprint density at radius 3 is 2.81 bits per heavy atom. The molecule has 0 fully saturated rings. The highest BCUT2D eigenvalue weighted by Crippen LogP contribution is 2.21. The van der Waals surface area contributed by atoms with E-state index in [4.69, 9.17) is 11.6 Å². The minimum Gasteiger partial charge on any atom is -0.379 e. The molecule has 0 bridgehead atoms. The van der Waals surface area contributed by atoms with Gasteiger partial charge in [0.2, 0.25) is 0 Å². The van der Waals surface area contributed by atoms with Gasteiger partial charge in [-0.3, -0.25) is 4.98 Å². The summed E-state index contributed by atoms with van der Waals surface area (Å²) < 4.78 is 13.6. The number of anilines is 1. The van der Waals surface area contributed by atoms with Crippen molar-refractivity contribution in [1.29, 1.82) is 0 Å². The summed E-state index contributed by atoms with van der Waals surface area (Å²) in [5, 5.41) is 4.65. The largest absolute Gasteiger partial charge is 0.379 e. The Morgan fingerprint density at radius 2 is 1.95 bits per heavy atom. The van der Waals surface area contributed by atoms with Crippen molar-refractivity contribution < 1.29 is 4.39 Å². The maximum atomic E-state index is 13.6. The van der Waals surface area contributed by atoms with E-state index in [-0.39, 0.29) is 5.82 Å². The SMILES string of the molecule is Cc1ccc2cc(CNc3cc(Cl)ccc3F)ccc2n1. The summed E-state index contributed by atoms with van der Waals surface area (Å²) in [5.41, 5.74) is 3.43. The summed E-state index contributed by atoms with van der Waals surface area (Å²) in [5.74, 6) is -0.308. The Kier molecular flexibility index (Phi) is 3.76. The van der Waals surface area contributed by atoms with Gasteiger partial charge in [-0.25, -0.2) is 4.39 Å². The fraction of sp³-hybridized carbons (Fsp3) is 0.118. The lowest BCUT2D eigenvalue weighted by atomic mass is 10.1. The molecule has 3 rings (SSSR count). The van der Waals surface area contributed by atoms with Gasteiger partial charge >= 0.3 is 0 Å². The van der Waals surface area contributed by atoms with E-state index in [0.29, 0.717) is 17.3 Å². The van der Waals surface area contributed by atoms with E-state index in [2.05, 4.69) is 16.4 Å². The second kappa shape index (κ2) is 5.70. The molecule has 0 spiro atoms. The number of rotatable bonds is 3. The second-order valence-corrected chi connectivity index (χ2v) is 5.39. The molecule has 0 saturated heterocycles. The Bertz CT molecular complexity index is 802. The average Bonchev–Trinajstić information content (AvgIpc) is 2.48. The monoisotopic (exact) mass is 300 g/mol. The molecule has 1 N–H and O–H groups in total. The number of aryl methyl sites for hydroxylation is 1. The zero-order chi connectivity index (χ0) is 14.8. The van der Waals surface area contributed by atoms with Crippen LogP contribution in [0.2, 0.25) is 5.02 Å². The van der Waals surface area contributed by atoms with E-state index in [9.17, 15) is 4.39 Å². The molecule has 106 valence electrons. The van der Waals surface area contributed by atoms with Crippen LogP contribution in [0.25, 0.3) is 10.9 Å². The summed E-state index contributed by atoms with van der Waals surface area (Å²) in [6, 6.07) is 14.5. The van der Waals surface area contributed by atoms with Gasteiger partial charge in [-0.05, 0) is 48.9 Å². The van der Waals surface area contributed by atoms with Gasteiger partial charge in [-0.2, -0.15) is 0 Å². The number of hydrogen-bond acceptors (Lipinski definition) is 2. The Labute approximate surface area is 127 Å². The highest BCUT2D eigenvalue weighted by Gasteiger charge is 2.03. The molecule has 21 heavy (non-hydrogen) atoms. The minimum atomic E-state index is -0.308. The van der Waals surface area contributed by atoms with Crippen molar-refractivity contribution in [2.75, 3.05) is 5.32 Å². The smallest absolute Gasteiger partial charge is 0.146 e. The van der Waals surface area contributed by atoms with Crippen molar-refractivity contribution in [3.8, 4) is 0 Å². The van der Waals surface area contributed by atoms with E-state index < -0.39 is 0 Å². The number of hydrogen-bond donors (Lipinski definition) is 1. The molecular weight excluding hydrogens is 287 g/mol. The van der Waals surface area contributed by atoms with Crippen molar-refractivity contribution >= 4 is 28.2 Å². The molecular formula is C17H14ClFN2. The van der Waals surface area contributed by atoms with Crippen LogP contribution < -0.4 is 5.32 Å². The van der Waals surface area contributed by atoms with E-state index in [1.807, 2.05) is 31.2 Å². The van der Waals surface area contributed by atoms with Crippen molar-refractivity contribution in [3.05, 3.63) is 70.6 Å². The van der Waals surface area contributed by atoms with Crippen LogP contribution in [0, 0.1) is 12.7 Å². The van der Waals surface area contributed by atoms with Crippen molar-refractivity contribution in [3.63, 3.8) is 0 Å². The van der Waals surface area contributed by atoms with Gasteiger partial charge in [0.15, 0.2) is 0 Å². The third-order valence-electron chi connectivity index (χ3n) is 3.30. The topological polar surface area (TPSA) is 24.9 Å². The molecule has 0 saturated carbocycles. The van der Waals surface area contributed by atoms with Crippen molar-refractivity contribution in [2.45, 2.75) is 13.5 Å². The molecule has 0 aliphatic heterocycles. The van der Waals surface area contributed by atoms with Crippen LogP contribution >= 0.6 is 11.6 Å². The molecule has 4 heteroatoms. The van der Waals surface area contributed by atoms with E-state index >= 15 is 0 Å². The second-order valence-electron chi connectivity index (χ2n) is 4.96. The van der Waals surface area contributed by atoms with Gasteiger partial charge in [0.25, 0.3) is 0 Å². The number of nitrogens with zero attached hydrogens (tertiary/aromatic N) is 1. The Balaban J connectivity index is 1.82. The molecule has 0 amide bonds. The molecule has 0 radical (unpaired) electrons. The van der Waals surface area contributed by atoms with Crippen LogP contribution in [0.3, 0.4) is 0 Å². The average molecular weight is 301 g/mol. The third-order valence-corrected chi connectivity index (χ3v) is 3.54. The first-order chi connectivity index (χ1) is 10.1.